The molecule has 7 heteroatoms. The standard InChI is InChI=1S/C16H22N4O3/c1-12(15(22)20-7-6-17-16(20)23)18-8-10-19(11-9-18)13-4-2-3-5-14(13)21/h2-5,12,21H,6-11H2,1H3,(H,17,23)/p+1/t12-/m1/s1. The molecule has 0 spiro atoms. The van der Waals surface area contributed by atoms with Crippen LogP contribution in [0.2, 0.25) is 0 Å². The third-order valence-electron chi connectivity index (χ3n) is 4.73. The lowest BCUT2D eigenvalue weighted by molar-refractivity contribution is -0.915. The molecule has 2 aliphatic heterocycles. The Balaban J connectivity index is 1.59. The number of nitrogens with one attached hydrogen (secondary N) is 2. The lowest BCUT2D eigenvalue weighted by atomic mass is 10.2. The van der Waals surface area contributed by atoms with Crippen LogP contribution in [0.1, 0.15) is 6.92 Å². The highest BCUT2D eigenvalue weighted by Crippen LogP contribution is 2.26. The number of nitrogens with zero attached hydrogens (tertiary/aromatic N) is 2. The average Bonchev–Trinajstić information content (AvgIpc) is 3.00. The van der Waals surface area contributed by atoms with Crippen molar-refractivity contribution in [2.75, 3.05) is 44.2 Å². The van der Waals surface area contributed by atoms with Crippen molar-refractivity contribution in [1.82, 2.24) is 10.2 Å². The maximum absolute atomic E-state index is 12.5. The fourth-order valence-electron chi connectivity index (χ4n) is 3.29. The fraction of sp³-hybridized carbons (Fsp3) is 0.500. The number of aromatic hydroxyl groups is 1. The van der Waals surface area contributed by atoms with Gasteiger partial charge in [0.05, 0.1) is 31.9 Å². The Kier molecular flexibility index (Phi) is 4.38. The minimum Gasteiger partial charge on any atom is -0.506 e. The number of quaternary nitrogens is 1. The number of amides is 3. The maximum atomic E-state index is 12.5. The van der Waals surface area contributed by atoms with E-state index in [-0.39, 0.29) is 23.7 Å². The molecule has 2 heterocycles. The summed E-state index contributed by atoms with van der Waals surface area (Å²) in [6.07, 6.45) is 0. The van der Waals surface area contributed by atoms with Crippen molar-refractivity contribution in [3.8, 4) is 5.75 Å². The van der Waals surface area contributed by atoms with Gasteiger partial charge in [-0.2, -0.15) is 0 Å². The van der Waals surface area contributed by atoms with E-state index in [1.807, 2.05) is 25.1 Å². The molecule has 3 N–H and O–H groups in total. The van der Waals surface area contributed by atoms with Gasteiger partial charge in [-0.05, 0) is 19.1 Å². The van der Waals surface area contributed by atoms with Gasteiger partial charge in [-0.3, -0.25) is 9.69 Å². The molecule has 2 saturated heterocycles. The van der Waals surface area contributed by atoms with Crippen molar-refractivity contribution < 1.29 is 19.6 Å². The second-order valence-corrected chi connectivity index (χ2v) is 6.08. The van der Waals surface area contributed by atoms with Crippen molar-refractivity contribution in [3.05, 3.63) is 24.3 Å². The van der Waals surface area contributed by atoms with E-state index in [9.17, 15) is 14.7 Å². The molecule has 0 unspecified atom stereocenters. The second kappa shape index (κ2) is 6.45. The van der Waals surface area contributed by atoms with Gasteiger partial charge < -0.3 is 20.2 Å². The summed E-state index contributed by atoms with van der Waals surface area (Å²) in [7, 11) is 0. The van der Waals surface area contributed by atoms with Gasteiger partial charge in [-0.15, -0.1) is 0 Å². The normalized spacial score (nSPS) is 20.5. The van der Waals surface area contributed by atoms with Gasteiger partial charge in [0.1, 0.15) is 5.75 Å². The van der Waals surface area contributed by atoms with Crippen LogP contribution in [-0.4, -0.2) is 67.3 Å². The Hall–Kier alpha value is -2.28. The predicted molar refractivity (Wildman–Crippen MR) is 85.6 cm³/mol. The summed E-state index contributed by atoms with van der Waals surface area (Å²) < 4.78 is 0. The smallest absolute Gasteiger partial charge is 0.324 e. The zero-order valence-corrected chi connectivity index (χ0v) is 13.3. The van der Waals surface area contributed by atoms with Crippen LogP contribution in [0.25, 0.3) is 0 Å². The number of para-hydroxylation sites is 2. The number of carbonyl (C=O) groups is 2. The highest BCUT2D eigenvalue weighted by atomic mass is 16.3. The van der Waals surface area contributed by atoms with Crippen LogP contribution in [0.3, 0.4) is 0 Å². The summed E-state index contributed by atoms with van der Waals surface area (Å²) in [6.45, 7) is 6.03. The molecule has 2 fully saturated rings. The van der Waals surface area contributed by atoms with Crippen molar-refractivity contribution >= 4 is 17.6 Å². The molecule has 7 nitrogen and oxygen atoms in total. The van der Waals surface area contributed by atoms with Crippen molar-refractivity contribution in [3.63, 3.8) is 0 Å². The largest absolute Gasteiger partial charge is 0.506 e. The third kappa shape index (κ3) is 3.10. The lowest BCUT2D eigenvalue weighted by Crippen LogP contribution is -3.19. The van der Waals surface area contributed by atoms with Crippen LogP contribution >= 0.6 is 0 Å². The van der Waals surface area contributed by atoms with E-state index in [1.165, 1.54) is 9.80 Å². The minimum atomic E-state index is -0.283. The van der Waals surface area contributed by atoms with Crippen molar-refractivity contribution in [2.24, 2.45) is 0 Å². The molecule has 0 saturated carbocycles. The van der Waals surface area contributed by atoms with Crippen LogP contribution in [-0.2, 0) is 4.79 Å². The highest BCUT2D eigenvalue weighted by molar-refractivity contribution is 5.97. The van der Waals surface area contributed by atoms with Crippen molar-refractivity contribution in [2.45, 2.75) is 13.0 Å². The Morgan fingerprint density at radius 3 is 2.57 bits per heavy atom. The number of anilines is 1. The number of piperazine rings is 1. The number of benzene rings is 1. The van der Waals surface area contributed by atoms with E-state index in [4.69, 9.17) is 0 Å². The van der Waals surface area contributed by atoms with E-state index in [0.717, 1.165) is 31.9 Å². The van der Waals surface area contributed by atoms with Crippen LogP contribution in [0.5, 0.6) is 5.75 Å². The van der Waals surface area contributed by atoms with Crippen molar-refractivity contribution in [1.29, 1.82) is 0 Å². The van der Waals surface area contributed by atoms with Gasteiger partial charge in [0.15, 0.2) is 6.04 Å². The minimum absolute atomic E-state index is 0.106. The van der Waals surface area contributed by atoms with Gasteiger partial charge in [0.2, 0.25) is 0 Å². The van der Waals surface area contributed by atoms with Crippen LogP contribution in [0.4, 0.5) is 10.5 Å². The zero-order valence-electron chi connectivity index (χ0n) is 13.3. The van der Waals surface area contributed by atoms with Gasteiger partial charge in [0, 0.05) is 13.1 Å². The molecular formula is C16H23N4O3+. The van der Waals surface area contributed by atoms with E-state index < -0.39 is 0 Å². The van der Waals surface area contributed by atoms with Crippen LogP contribution in [0.15, 0.2) is 24.3 Å². The molecule has 1 atom stereocenters. The summed E-state index contributed by atoms with van der Waals surface area (Å²) in [6, 6.07) is 6.80. The van der Waals surface area contributed by atoms with Crippen LogP contribution < -0.4 is 15.1 Å². The Morgan fingerprint density at radius 1 is 1.26 bits per heavy atom. The summed E-state index contributed by atoms with van der Waals surface area (Å²) in [5, 5.41) is 12.6. The molecule has 0 bridgehead atoms. The molecule has 124 valence electrons. The van der Waals surface area contributed by atoms with Gasteiger partial charge >= 0.3 is 6.03 Å². The fourth-order valence-corrected chi connectivity index (χ4v) is 3.29. The first-order chi connectivity index (χ1) is 11.1. The average molecular weight is 319 g/mol. The topological polar surface area (TPSA) is 77.3 Å². The number of hydrogen-bond donors (Lipinski definition) is 3. The van der Waals surface area contributed by atoms with Crippen LogP contribution in [0, 0.1) is 0 Å². The number of imide groups is 1. The quantitative estimate of drug-likeness (QED) is 0.670. The monoisotopic (exact) mass is 319 g/mol. The lowest BCUT2D eigenvalue weighted by Gasteiger charge is -2.36. The van der Waals surface area contributed by atoms with Gasteiger partial charge in [0.25, 0.3) is 5.91 Å². The Labute approximate surface area is 135 Å². The summed E-state index contributed by atoms with van der Waals surface area (Å²) in [4.78, 5) is 28.7. The first kappa shape index (κ1) is 15.6. The van der Waals surface area contributed by atoms with Gasteiger partial charge in [-0.25, -0.2) is 4.79 Å². The molecule has 3 amide bonds. The predicted octanol–water partition coefficient (Wildman–Crippen LogP) is -0.963. The number of phenolic OH excluding ortho intramolecular Hbond substituents is 1. The molecule has 2 aliphatic rings. The first-order valence-corrected chi connectivity index (χ1v) is 8.04. The number of phenols is 1. The number of rotatable bonds is 3. The Morgan fingerprint density at radius 2 is 1.96 bits per heavy atom. The van der Waals surface area contributed by atoms with E-state index in [0.29, 0.717) is 13.1 Å². The SMILES string of the molecule is C[C@H](C(=O)N1CCNC1=O)[NH+]1CCN(c2ccccc2O)CC1. The molecular weight excluding hydrogens is 296 g/mol. The number of urea groups is 1. The summed E-state index contributed by atoms with van der Waals surface area (Å²) >= 11 is 0. The van der Waals surface area contributed by atoms with E-state index in [1.54, 1.807) is 6.07 Å². The summed E-state index contributed by atoms with van der Waals surface area (Å²) in [5.74, 6) is 0.180. The zero-order chi connectivity index (χ0) is 16.4. The van der Waals surface area contributed by atoms with E-state index in [2.05, 4.69) is 10.2 Å². The van der Waals surface area contributed by atoms with Gasteiger partial charge in [-0.1, -0.05) is 12.1 Å². The second-order valence-electron chi connectivity index (χ2n) is 6.08. The molecule has 0 aromatic heterocycles. The number of hydrogen-bond acceptors (Lipinski definition) is 4. The first-order valence-electron chi connectivity index (χ1n) is 8.04. The highest BCUT2D eigenvalue weighted by Gasteiger charge is 2.36. The summed E-state index contributed by atoms with van der Waals surface area (Å²) in [5.41, 5.74) is 0.837. The Bertz CT molecular complexity index is 599. The third-order valence-corrected chi connectivity index (χ3v) is 4.73. The molecule has 0 radical (unpaired) electrons. The maximum Gasteiger partial charge on any atom is 0.324 e. The molecule has 23 heavy (non-hydrogen) atoms. The molecule has 1 aromatic rings. The molecule has 3 rings (SSSR count). The van der Waals surface area contributed by atoms with E-state index >= 15 is 0 Å². The number of carbonyl (C=O) groups excluding carboxylic acids is 2. The molecule has 0 aliphatic carbocycles. The molecule has 1 aromatic carbocycles.